The van der Waals surface area contributed by atoms with Crippen LogP contribution in [-0.2, 0) is 94.9 Å². The van der Waals surface area contributed by atoms with E-state index in [1.165, 1.54) is 11.6 Å². The summed E-state index contributed by atoms with van der Waals surface area (Å²) in [7, 11) is 8.15. The largest absolute Gasteiger partial charge is 0.373 e. The minimum absolute atomic E-state index is 0.0128. The van der Waals surface area contributed by atoms with Crippen molar-refractivity contribution in [3.63, 3.8) is 0 Å². The maximum Gasteiger partial charge on any atom is 0.253 e. The fourth-order valence-corrected chi connectivity index (χ4v) is 5.66. The number of aliphatic hydroxyl groups excluding tert-OH is 1. The Morgan fingerprint density at radius 3 is 1.31 bits per heavy atom. The Labute approximate surface area is 326 Å². The van der Waals surface area contributed by atoms with E-state index in [4.69, 9.17) is 19.3 Å². The average molecular weight is 767 g/mol. The first-order chi connectivity index (χ1) is 26.6. The molecule has 1 N–H and O–H groups in total. The number of ether oxygens (including phenoxy) is 3. The Morgan fingerprint density at radius 2 is 0.909 bits per heavy atom. The molecule has 0 saturated heterocycles. The number of aryl methyl sites for hydroxylation is 5. The zero-order valence-electron chi connectivity index (χ0n) is 34.2. The third-order valence-corrected chi connectivity index (χ3v) is 9.39. The van der Waals surface area contributed by atoms with E-state index >= 15 is 0 Å². The van der Waals surface area contributed by atoms with Crippen LogP contribution in [-0.4, -0.2) is 72.2 Å². The molecule has 0 spiro atoms. The molecule has 0 aliphatic heterocycles. The van der Waals surface area contributed by atoms with Crippen molar-refractivity contribution in [2.45, 2.75) is 73.3 Å². The molecule has 0 bridgehead atoms. The number of rotatable bonds is 20. The minimum Gasteiger partial charge on any atom is -0.373 e. The SMILES string of the molecule is CCn1cc[n+](CCOCCn2cc[n+](CO)c2)c1.C[n+]1ccn(CCOCCn2cc[n+](C)c2)c1.Cc1n(CCOCCn2cc[n+](C)c2C)cc[n+]1C. The predicted octanol–water partition coefficient (Wildman–Crippen LogP) is -0.521. The summed E-state index contributed by atoms with van der Waals surface area (Å²) in [6, 6.07) is 0. The molecule has 0 saturated carbocycles. The molecule has 0 aliphatic carbocycles. The van der Waals surface area contributed by atoms with Gasteiger partial charge < -0.3 is 19.3 Å². The van der Waals surface area contributed by atoms with Crippen LogP contribution in [0.3, 0.4) is 0 Å². The summed E-state index contributed by atoms with van der Waals surface area (Å²) in [5, 5.41) is 8.92. The first-order valence-electron chi connectivity index (χ1n) is 19.1. The number of aromatic nitrogens is 12. The van der Waals surface area contributed by atoms with Crippen LogP contribution < -0.4 is 27.4 Å². The molecule has 6 rings (SSSR count). The third-order valence-electron chi connectivity index (χ3n) is 9.39. The lowest BCUT2D eigenvalue weighted by Gasteiger charge is -2.03. The highest BCUT2D eigenvalue weighted by molar-refractivity contribution is 4.80. The van der Waals surface area contributed by atoms with E-state index in [1.807, 2.05) is 58.9 Å². The van der Waals surface area contributed by atoms with Crippen LogP contribution in [0.15, 0.2) is 99.7 Å². The smallest absolute Gasteiger partial charge is 0.253 e. The van der Waals surface area contributed by atoms with Gasteiger partial charge in [0.2, 0.25) is 25.3 Å². The molecule has 16 heteroatoms. The summed E-state index contributed by atoms with van der Waals surface area (Å²) in [5.74, 6) is 2.49. The van der Waals surface area contributed by atoms with E-state index in [-0.39, 0.29) is 6.73 Å². The Hall–Kier alpha value is -4.90. The Balaban J connectivity index is 0.000000184. The van der Waals surface area contributed by atoms with Gasteiger partial charge in [0.25, 0.3) is 11.6 Å². The van der Waals surface area contributed by atoms with Gasteiger partial charge in [0.1, 0.15) is 114 Å². The topological polar surface area (TPSA) is 101 Å². The first kappa shape index (κ1) is 42.8. The van der Waals surface area contributed by atoms with Crippen LogP contribution in [0.4, 0.5) is 0 Å². The van der Waals surface area contributed by atoms with E-state index < -0.39 is 0 Å². The highest BCUT2D eigenvalue weighted by Gasteiger charge is 2.10. The Kier molecular flexibility index (Phi) is 18.0. The van der Waals surface area contributed by atoms with E-state index in [0.717, 1.165) is 72.2 Å². The van der Waals surface area contributed by atoms with Gasteiger partial charge in [0, 0.05) is 13.8 Å². The second kappa shape index (κ2) is 23.1. The first-order valence-corrected chi connectivity index (χ1v) is 19.1. The van der Waals surface area contributed by atoms with Crippen LogP contribution in [0.25, 0.3) is 0 Å². The quantitative estimate of drug-likeness (QED) is 0.0836. The summed E-state index contributed by atoms with van der Waals surface area (Å²) in [4.78, 5) is 0. The van der Waals surface area contributed by atoms with Gasteiger partial charge in [-0.1, -0.05) is 0 Å². The average Bonchev–Trinajstić information content (AvgIpc) is 4.06. The lowest BCUT2D eigenvalue weighted by Crippen LogP contribution is -2.34. The van der Waals surface area contributed by atoms with Crippen molar-refractivity contribution < 1.29 is 46.7 Å². The monoisotopic (exact) mass is 767 g/mol. The number of hydrogen-bond acceptors (Lipinski definition) is 4. The van der Waals surface area contributed by atoms with Gasteiger partial charge in [-0.2, -0.15) is 0 Å². The number of hydrogen-bond donors (Lipinski definition) is 1. The highest BCUT2D eigenvalue weighted by atomic mass is 16.5. The molecular weight excluding hydrogens is 701 g/mol. The lowest BCUT2D eigenvalue weighted by atomic mass is 10.5. The normalized spacial score (nSPS) is 11.1. The van der Waals surface area contributed by atoms with Gasteiger partial charge >= 0.3 is 0 Å². The molecule has 6 aromatic heterocycles. The van der Waals surface area contributed by atoms with E-state index in [1.54, 1.807) is 4.57 Å². The molecule has 6 heterocycles. The highest BCUT2D eigenvalue weighted by Crippen LogP contribution is 1.96. The summed E-state index contributed by atoms with van der Waals surface area (Å²) in [5.41, 5.74) is 0. The summed E-state index contributed by atoms with van der Waals surface area (Å²) in [6.45, 7) is 17.0. The summed E-state index contributed by atoms with van der Waals surface area (Å²) >= 11 is 0. The maximum atomic E-state index is 8.92. The molecule has 6 aromatic rings. The number of aliphatic hydroxyl groups is 1. The summed E-state index contributed by atoms with van der Waals surface area (Å²) < 4.78 is 41.8. The zero-order chi connectivity index (χ0) is 39.4. The Bertz CT molecular complexity index is 1800. The molecule has 300 valence electrons. The van der Waals surface area contributed by atoms with Crippen molar-refractivity contribution >= 4 is 0 Å². The van der Waals surface area contributed by atoms with Gasteiger partial charge in [-0.25, -0.2) is 54.8 Å². The molecule has 0 atom stereocenters. The van der Waals surface area contributed by atoms with Crippen molar-refractivity contribution in [3.8, 4) is 0 Å². The van der Waals surface area contributed by atoms with Crippen LogP contribution in [0.2, 0.25) is 0 Å². The molecular formula is C39H66N12O4+6. The second-order valence-electron chi connectivity index (χ2n) is 13.6. The van der Waals surface area contributed by atoms with Gasteiger partial charge in [-0.05, 0) is 6.92 Å². The van der Waals surface area contributed by atoms with Crippen LogP contribution >= 0.6 is 0 Å². The fraction of sp³-hybridized carbons (Fsp3) is 0.538. The second-order valence-corrected chi connectivity index (χ2v) is 13.6. The van der Waals surface area contributed by atoms with Gasteiger partial charge in [-0.3, -0.25) is 0 Å². The summed E-state index contributed by atoms with van der Waals surface area (Å²) in [6.07, 6.45) is 32.4. The predicted molar refractivity (Wildman–Crippen MR) is 202 cm³/mol. The minimum atomic E-state index is 0.0128. The fourth-order valence-electron chi connectivity index (χ4n) is 5.66. The van der Waals surface area contributed by atoms with Gasteiger partial charge in [0.15, 0.2) is 6.73 Å². The van der Waals surface area contributed by atoms with Crippen LogP contribution in [0.1, 0.15) is 18.6 Å². The molecule has 0 aromatic carbocycles. The van der Waals surface area contributed by atoms with Crippen LogP contribution in [0, 0.1) is 13.8 Å². The molecule has 0 radical (unpaired) electrons. The molecule has 0 aliphatic rings. The van der Waals surface area contributed by atoms with Crippen molar-refractivity contribution in [2.24, 2.45) is 28.2 Å². The standard InChI is InChI=1S/C14H24N4O.C13H22N4O2.C12H20N4O/c1-13-15(3)5-7-17(13)9-11-19-12-10-18-8-6-16(4)14(18)2;1-2-14-3-4-15(11-14)7-9-19-10-8-16-5-6-17(12-16)13-18;1-13-3-5-15(11-13)7-9-17-10-8-16-6-4-14(2)12-16/h5-8H,9-12H2,1-4H3;3-6,11-12,18H,2,7-10,13H2,1H3;3-6,11-12H,7-10H2,1-2H3/q3*+2. The third kappa shape index (κ3) is 15.0. The molecule has 0 amide bonds. The lowest BCUT2D eigenvalue weighted by molar-refractivity contribution is -0.729. The molecule has 55 heavy (non-hydrogen) atoms. The van der Waals surface area contributed by atoms with E-state index in [2.05, 4.69) is 140 Å². The number of imidazole rings is 6. The molecule has 16 nitrogen and oxygen atoms in total. The maximum absolute atomic E-state index is 8.92. The van der Waals surface area contributed by atoms with E-state index in [9.17, 15) is 0 Å². The van der Waals surface area contributed by atoms with Crippen molar-refractivity contribution in [1.82, 2.24) is 27.4 Å². The van der Waals surface area contributed by atoms with Gasteiger partial charge in [0.05, 0.1) is 74.4 Å². The van der Waals surface area contributed by atoms with Gasteiger partial charge in [-0.15, -0.1) is 0 Å². The Morgan fingerprint density at radius 1 is 0.491 bits per heavy atom. The molecule has 0 unspecified atom stereocenters. The van der Waals surface area contributed by atoms with Crippen LogP contribution in [0.5, 0.6) is 0 Å². The van der Waals surface area contributed by atoms with Crippen molar-refractivity contribution in [1.29, 1.82) is 0 Å². The zero-order valence-corrected chi connectivity index (χ0v) is 34.2. The number of nitrogens with zero attached hydrogens (tertiary/aromatic N) is 12. The molecule has 0 fully saturated rings. The van der Waals surface area contributed by atoms with E-state index in [0.29, 0.717) is 13.2 Å². The van der Waals surface area contributed by atoms with Crippen molar-refractivity contribution in [3.05, 3.63) is 111 Å². The van der Waals surface area contributed by atoms with Crippen molar-refractivity contribution in [2.75, 3.05) is 39.6 Å².